The summed E-state index contributed by atoms with van der Waals surface area (Å²) in [7, 11) is -33.9. The van der Waals surface area contributed by atoms with Gasteiger partial charge in [-0.15, -0.1) is 0 Å². The molecule has 0 bridgehead atoms. The Kier molecular flexibility index (Phi) is 17.7. The summed E-state index contributed by atoms with van der Waals surface area (Å²) in [5, 5.41) is 45.5. The molecule has 0 spiro atoms. The van der Waals surface area contributed by atoms with Crippen LogP contribution in [0.5, 0.6) is 0 Å². The second kappa shape index (κ2) is 20.0. The van der Waals surface area contributed by atoms with Crippen LogP contribution in [0.1, 0.15) is 27.7 Å². The van der Waals surface area contributed by atoms with Gasteiger partial charge in [-0.3, -0.25) is 9.05 Å². The molecule has 380 valence electrons. The van der Waals surface area contributed by atoms with Gasteiger partial charge in [0.2, 0.25) is 0 Å². The van der Waals surface area contributed by atoms with E-state index in [2.05, 4.69) is 56.3 Å². The van der Waals surface area contributed by atoms with Crippen molar-refractivity contribution in [1.82, 2.24) is 15.1 Å². The molecule has 0 saturated carbocycles. The molecule has 66 heavy (non-hydrogen) atoms. The van der Waals surface area contributed by atoms with Crippen molar-refractivity contribution in [1.29, 1.82) is 0 Å². The van der Waals surface area contributed by atoms with Crippen molar-refractivity contribution in [3.05, 3.63) is 60.6 Å². The Bertz CT molecular complexity index is 2330. The van der Waals surface area contributed by atoms with Crippen LogP contribution in [-0.4, -0.2) is 149 Å². The van der Waals surface area contributed by atoms with E-state index < -0.39 is 121 Å². The molecule has 2 saturated heterocycles. The second-order valence-corrected chi connectivity index (χ2v) is 23.6. The fourth-order valence-electron chi connectivity index (χ4n) is 6.04. The van der Waals surface area contributed by atoms with Crippen LogP contribution >= 0.6 is 46.9 Å². The second-order valence-electron chi connectivity index (χ2n) is 14.8. The number of halogens is 2. The van der Waals surface area contributed by atoms with Gasteiger partial charge < -0.3 is 89.9 Å². The third-order valence-electron chi connectivity index (χ3n) is 9.21. The SMILES string of the molecule is C=C1N=C(N)C(C)=CN1[C@@H]1O[C@](C)(COP(=O)(O)OP(=O)(O)OP(=O)(O)O)[C@H](O)C1(O)CF.C=C1NC(=C)N([C@@H]2O[C@](C)(COP(=O)(O)OP(=O)(O)OP(=O)(O)O)[C@H](O)C2(O)CF)C=C1C. The Hall–Kier alpha value is -1.99. The summed E-state index contributed by atoms with van der Waals surface area (Å²) in [6, 6.07) is 0. The van der Waals surface area contributed by atoms with E-state index in [4.69, 9.17) is 34.8 Å². The zero-order chi connectivity index (χ0) is 51.2. The molecule has 4 aliphatic rings. The van der Waals surface area contributed by atoms with E-state index in [1.807, 2.05) is 0 Å². The van der Waals surface area contributed by atoms with Crippen molar-refractivity contribution >= 4 is 52.8 Å². The summed E-state index contributed by atoms with van der Waals surface area (Å²) in [4.78, 5) is 77.9. The van der Waals surface area contributed by atoms with E-state index in [-0.39, 0.29) is 17.5 Å². The minimum absolute atomic E-state index is 0.0778. The third kappa shape index (κ3) is 14.1. The number of phosphoric acid groups is 6. The van der Waals surface area contributed by atoms with E-state index >= 15 is 0 Å². The molecule has 4 heterocycles. The van der Waals surface area contributed by atoms with E-state index in [0.29, 0.717) is 16.8 Å². The average Bonchev–Trinajstić information content (AvgIpc) is 3.46. The lowest BCUT2D eigenvalue weighted by atomic mass is 9.88. The first-order valence-corrected chi connectivity index (χ1v) is 26.5. The van der Waals surface area contributed by atoms with Gasteiger partial charge in [0.15, 0.2) is 23.7 Å². The summed E-state index contributed by atoms with van der Waals surface area (Å²) in [6.07, 6.45) is -4.82. The lowest BCUT2D eigenvalue weighted by Gasteiger charge is -2.39. The molecular formula is C27H47F2N5O26P6. The summed E-state index contributed by atoms with van der Waals surface area (Å²) < 4.78 is 130. The predicted molar refractivity (Wildman–Crippen MR) is 213 cm³/mol. The number of nitrogens with zero attached hydrogens (tertiary/aromatic N) is 3. The maximum atomic E-state index is 13.9. The lowest BCUT2D eigenvalue weighted by molar-refractivity contribution is -0.140. The minimum atomic E-state index is -5.79. The Labute approximate surface area is 371 Å². The number of aliphatic imine (C=N–C) groups is 1. The molecule has 2 fully saturated rings. The molecule has 0 aromatic heterocycles. The number of allylic oxidation sites excluding steroid dienone is 1. The number of phosphoric ester groups is 2. The van der Waals surface area contributed by atoms with Crippen molar-refractivity contribution in [2.45, 2.75) is 74.8 Å². The monoisotopic (exact) mass is 1080 g/mol. The van der Waals surface area contributed by atoms with Crippen molar-refractivity contribution in [2.24, 2.45) is 10.7 Å². The van der Waals surface area contributed by atoms with E-state index in [1.54, 1.807) is 6.92 Å². The van der Waals surface area contributed by atoms with Gasteiger partial charge >= 0.3 is 46.9 Å². The quantitative estimate of drug-likeness (QED) is 0.0794. The van der Waals surface area contributed by atoms with E-state index in [0.717, 1.165) is 23.6 Å². The summed E-state index contributed by atoms with van der Waals surface area (Å²) in [5.74, 6) is 0.0696. The molecule has 0 aromatic rings. The predicted octanol–water partition coefficient (Wildman–Crippen LogP) is -0.146. The Morgan fingerprint density at radius 2 is 1.06 bits per heavy atom. The first kappa shape index (κ1) is 58.3. The topological polar surface area (TPSA) is 476 Å². The van der Waals surface area contributed by atoms with Crippen molar-refractivity contribution < 1.29 is 132 Å². The number of hydrogen-bond acceptors (Lipinski definition) is 23. The number of ether oxygens (including phenoxy) is 2. The largest absolute Gasteiger partial charge is 0.490 e. The molecule has 0 aromatic carbocycles. The number of amidine groups is 1. The van der Waals surface area contributed by atoms with Crippen LogP contribution in [0, 0.1) is 0 Å². The van der Waals surface area contributed by atoms with Gasteiger partial charge in [-0.25, -0.2) is 41.2 Å². The molecule has 12 atom stereocenters. The minimum Gasteiger partial charge on any atom is -0.387 e. The van der Waals surface area contributed by atoms with Gasteiger partial charge in [-0.1, -0.05) is 19.7 Å². The Morgan fingerprint density at radius 3 is 1.42 bits per heavy atom. The van der Waals surface area contributed by atoms with Crippen LogP contribution in [0.4, 0.5) is 8.78 Å². The molecule has 0 aliphatic carbocycles. The van der Waals surface area contributed by atoms with Crippen LogP contribution < -0.4 is 11.1 Å². The van der Waals surface area contributed by atoms with Gasteiger partial charge in [-0.2, -0.15) is 17.2 Å². The molecule has 4 rings (SSSR count). The van der Waals surface area contributed by atoms with Gasteiger partial charge in [-0.05, 0) is 33.3 Å². The van der Waals surface area contributed by atoms with Gasteiger partial charge in [0.25, 0.3) is 0 Å². The number of hydrogen-bond donors (Lipinski definition) is 14. The fourth-order valence-corrected chi connectivity index (χ4v) is 12.3. The zero-order valence-corrected chi connectivity index (χ0v) is 39.7. The highest BCUT2D eigenvalue weighted by Crippen LogP contribution is 2.68. The van der Waals surface area contributed by atoms with Crippen LogP contribution in [0.2, 0.25) is 0 Å². The number of aliphatic hydroxyl groups is 4. The van der Waals surface area contributed by atoms with Crippen LogP contribution in [-0.2, 0) is 63.2 Å². The van der Waals surface area contributed by atoms with Crippen molar-refractivity contribution in [3.63, 3.8) is 0 Å². The molecule has 0 radical (unpaired) electrons. The molecule has 0 amide bonds. The smallest absolute Gasteiger partial charge is 0.387 e. The van der Waals surface area contributed by atoms with Crippen LogP contribution in [0.3, 0.4) is 0 Å². The Morgan fingerprint density at radius 1 is 0.697 bits per heavy atom. The van der Waals surface area contributed by atoms with Gasteiger partial charge in [0, 0.05) is 23.7 Å². The molecule has 15 N–H and O–H groups in total. The first-order chi connectivity index (χ1) is 29.5. The molecule has 39 heteroatoms. The van der Waals surface area contributed by atoms with E-state index in [1.165, 1.54) is 19.3 Å². The fraction of sp³-hybridized carbons (Fsp3) is 0.593. The number of alkyl halides is 2. The van der Waals surface area contributed by atoms with Crippen LogP contribution in [0.25, 0.3) is 0 Å². The summed E-state index contributed by atoms with van der Waals surface area (Å²) in [5.41, 5.74) is -2.44. The summed E-state index contributed by atoms with van der Waals surface area (Å²) in [6.45, 7) is 10.9. The number of nitrogens with two attached hydrogens (primary N) is 1. The highest BCUT2D eigenvalue weighted by atomic mass is 31.3. The van der Waals surface area contributed by atoms with Crippen molar-refractivity contribution in [3.8, 4) is 0 Å². The van der Waals surface area contributed by atoms with Crippen LogP contribution in [0.15, 0.2) is 65.6 Å². The average molecular weight is 1080 g/mol. The number of rotatable bonds is 18. The van der Waals surface area contributed by atoms with Crippen molar-refractivity contribution in [2.75, 3.05) is 26.6 Å². The highest BCUT2D eigenvalue weighted by molar-refractivity contribution is 7.67. The van der Waals surface area contributed by atoms with Gasteiger partial charge in [0.05, 0.1) is 13.2 Å². The number of nitrogens with one attached hydrogen (secondary N) is 1. The van der Waals surface area contributed by atoms with E-state index in [9.17, 15) is 76.2 Å². The maximum Gasteiger partial charge on any atom is 0.490 e. The Balaban J connectivity index is 0.000000350. The highest BCUT2D eigenvalue weighted by Gasteiger charge is 2.65. The first-order valence-electron chi connectivity index (χ1n) is 17.5. The number of aliphatic hydroxyl groups excluding tert-OH is 2. The molecule has 31 nitrogen and oxygen atoms in total. The van der Waals surface area contributed by atoms with Gasteiger partial charge in [0.1, 0.15) is 54.2 Å². The zero-order valence-electron chi connectivity index (χ0n) is 34.4. The third-order valence-corrected chi connectivity index (χ3v) is 16.8. The standard InChI is InChI=1S/C14H24FN2O13P3.C13H23FN3O13P3/c1-8-5-17(10(3)16-9(8)2)12-14(19,6-15)11(18)13(4,28-12)7-27-32(23,24)30-33(25,26)29-31(20,21)22;1-7-4-17(8(2)16-9(7)15)11-13(19,5-14)10(18)12(3,28-11)6-27-32(23,24)30-33(25,26)29-31(20,21)22/h5,11-12,16,18-19H,2-3,6-7H2,1,4H3,(H,23,24)(H,25,26)(H2,20,21,22);4,10-11,18-19H,2,5-6H2,1,3H3,(H2,15,16)(H,23,24)(H,25,26)(H2,20,21,22)/t11-,12+,13+,14?;10-,11+,12+,13?/m00/s1. The normalized spacial score (nSPS) is 34.5. The molecule has 4 aliphatic heterocycles. The maximum absolute atomic E-state index is 13.9. The molecular weight excluding hydrogens is 1030 g/mol. The summed E-state index contributed by atoms with van der Waals surface area (Å²) >= 11 is 0. The molecule has 6 unspecified atom stereocenters. The lowest BCUT2D eigenvalue weighted by Crippen LogP contribution is -2.57.